The molecule has 0 radical (unpaired) electrons. The van der Waals surface area contributed by atoms with Crippen LogP contribution in [-0.4, -0.2) is 28.5 Å². The summed E-state index contributed by atoms with van der Waals surface area (Å²) < 4.78 is 5.15. The van der Waals surface area contributed by atoms with Crippen molar-refractivity contribution in [3.63, 3.8) is 0 Å². The highest BCUT2D eigenvalue weighted by Crippen LogP contribution is 2.09. The Morgan fingerprint density at radius 3 is 2.90 bits per heavy atom. The largest absolute Gasteiger partial charge is 0.459 e. The number of rotatable bonds is 6. The molecule has 0 aliphatic rings. The molecule has 0 aliphatic heterocycles. The number of carbonyl (C=O) groups is 1. The van der Waals surface area contributed by atoms with Crippen LogP contribution < -0.4 is 10.6 Å². The van der Waals surface area contributed by atoms with Crippen molar-refractivity contribution in [3.05, 3.63) is 41.2 Å². The Morgan fingerprint density at radius 1 is 1.48 bits per heavy atom. The fourth-order valence-corrected chi connectivity index (χ4v) is 1.92. The number of nitrogens with one attached hydrogen (secondary N) is 2. The Bertz CT molecular complexity index is 615. The number of anilines is 1. The summed E-state index contributed by atoms with van der Waals surface area (Å²) in [5.41, 5.74) is 0.916. The molecule has 1 atom stereocenters. The summed E-state index contributed by atoms with van der Waals surface area (Å²) in [6.45, 7) is 4.33. The highest BCUT2D eigenvalue weighted by Gasteiger charge is 2.13. The lowest BCUT2D eigenvalue weighted by molar-refractivity contribution is 0.0924. The molecule has 2 heterocycles. The number of nitrogens with zero attached hydrogens (tertiary/aromatic N) is 2. The molecule has 0 aliphatic carbocycles. The van der Waals surface area contributed by atoms with E-state index in [1.165, 1.54) is 6.20 Å². The number of amides is 1. The second-order valence-electron chi connectivity index (χ2n) is 4.67. The molecule has 6 nitrogen and oxygen atoms in total. The molecule has 0 saturated heterocycles. The number of carbonyl (C=O) groups excluding carboxylic acids is 1. The van der Waals surface area contributed by atoms with E-state index < -0.39 is 0 Å². The topological polar surface area (TPSA) is 80.0 Å². The van der Waals surface area contributed by atoms with Crippen molar-refractivity contribution in [1.29, 1.82) is 0 Å². The number of halogens is 1. The van der Waals surface area contributed by atoms with Gasteiger partial charge < -0.3 is 15.1 Å². The lowest BCUT2D eigenvalue weighted by Crippen LogP contribution is -2.36. The van der Waals surface area contributed by atoms with Gasteiger partial charge in [-0.05, 0) is 25.0 Å². The summed E-state index contributed by atoms with van der Waals surface area (Å²) in [6.07, 6.45) is 5.42. The van der Waals surface area contributed by atoms with Crippen molar-refractivity contribution >= 4 is 23.3 Å². The molecule has 2 N–H and O–H groups in total. The summed E-state index contributed by atoms with van der Waals surface area (Å²) in [5, 5.41) is 6.32. The first-order valence-electron chi connectivity index (χ1n) is 6.66. The van der Waals surface area contributed by atoms with Gasteiger partial charge in [-0.1, -0.05) is 18.5 Å². The second kappa shape index (κ2) is 7.08. The molecule has 2 aromatic rings. The van der Waals surface area contributed by atoms with E-state index in [1.54, 1.807) is 18.5 Å². The zero-order chi connectivity index (χ0) is 15.2. The van der Waals surface area contributed by atoms with Crippen molar-refractivity contribution in [2.24, 2.45) is 0 Å². The van der Waals surface area contributed by atoms with Crippen LogP contribution in [0.5, 0.6) is 0 Å². The van der Waals surface area contributed by atoms with Crippen LogP contribution >= 0.6 is 11.6 Å². The van der Waals surface area contributed by atoms with E-state index in [0.29, 0.717) is 23.3 Å². The van der Waals surface area contributed by atoms with E-state index in [1.807, 2.05) is 13.8 Å². The fourth-order valence-electron chi connectivity index (χ4n) is 1.77. The number of aromatic nitrogens is 2. The van der Waals surface area contributed by atoms with Crippen LogP contribution in [0.15, 0.2) is 29.1 Å². The summed E-state index contributed by atoms with van der Waals surface area (Å²) in [5.74, 6) is 0.655. The van der Waals surface area contributed by atoms with E-state index in [-0.39, 0.29) is 11.9 Å². The van der Waals surface area contributed by atoms with Crippen molar-refractivity contribution in [2.75, 3.05) is 11.9 Å². The molecule has 0 spiro atoms. The van der Waals surface area contributed by atoms with Gasteiger partial charge in [0.05, 0.1) is 18.7 Å². The maximum atomic E-state index is 11.9. The smallest absolute Gasteiger partial charge is 0.287 e. The third-order valence-electron chi connectivity index (χ3n) is 2.91. The monoisotopic (exact) mass is 308 g/mol. The second-order valence-corrected chi connectivity index (χ2v) is 5.06. The zero-order valence-electron chi connectivity index (χ0n) is 11.9. The molecule has 21 heavy (non-hydrogen) atoms. The Kier molecular flexibility index (Phi) is 5.16. The van der Waals surface area contributed by atoms with Gasteiger partial charge in [-0.3, -0.25) is 9.78 Å². The predicted molar refractivity (Wildman–Crippen MR) is 80.5 cm³/mol. The van der Waals surface area contributed by atoms with Gasteiger partial charge in [-0.2, -0.15) is 0 Å². The van der Waals surface area contributed by atoms with Crippen LogP contribution in [0.1, 0.15) is 29.5 Å². The molecule has 1 unspecified atom stereocenters. The molecule has 0 saturated carbocycles. The zero-order valence-corrected chi connectivity index (χ0v) is 12.6. The standard InChI is InChI=1S/C14H17ClN4O2/c1-3-10(18-13-7-16-6-12(15)19-13)5-17-14(20)11-4-9(2)8-21-11/h4,6-8,10H,3,5H2,1-2H3,(H,17,20)(H,18,19). The molecule has 2 rings (SSSR count). The quantitative estimate of drug-likeness (QED) is 0.857. The van der Waals surface area contributed by atoms with Crippen molar-refractivity contribution < 1.29 is 9.21 Å². The van der Waals surface area contributed by atoms with Gasteiger partial charge in [-0.15, -0.1) is 0 Å². The average Bonchev–Trinajstić information content (AvgIpc) is 2.90. The Labute approximate surface area is 127 Å². The lowest BCUT2D eigenvalue weighted by atomic mass is 10.2. The van der Waals surface area contributed by atoms with Crippen LogP contribution in [-0.2, 0) is 0 Å². The van der Waals surface area contributed by atoms with Crippen LogP contribution in [0, 0.1) is 6.92 Å². The maximum absolute atomic E-state index is 11.9. The van der Waals surface area contributed by atoms with Crippen molar-refractivity contribution in [2.45, 2.75) is 26.3 Å². The first-order valence-corrected chi connectivity index (χ1v) is 7.03. The van der Waals surface area contributed by atoms with E-state index in [9.17, 15) is 4.79 Å². The van der Waals surface area contributed by atoms with Gasteiger partial charge >= 0.3 is 0 Å². The maximum Gasteiger partial charge on any atom is 0.287 e. The molecule has 0 fully saturated rings. The van der Waals surface area contributed by atoms with Gasteiger partial charge in [0.15, 0.2) is 5.76 Å². The van der Waals surface area contributed by atoms with Crippen molar-refractivity contribution in [3.8, 4) is 0 Å². The number of hydrogen-bond donors (Lipinski definition) is 2. The average molecular weight is 309 g/mol. The van der Waals surface area contributed by atoms with Gasteiger partial charge in [0.2, 0.25) is 0 Å². The molecule has 7 heteroatoms. The molecule has 112 valence electrons. The predicted octanol–water partition coefficient (Wildman–Crippen LogP) is 2.65. The van der Waals surface area contributed by atoms with E-state index in [4.69, 9.17) is 16.0 Å². The highest BCUT2D eigenvalue weighted by molar-refractivity contribution is 6.29. The van der Waals surface area contributed by atoms with Crippen LogP contribution in [0.25, 0.3) is 0 Å². The summed E-state index contributed by atoms with van der Waals surface area (Å²) in [7, 11) is 0. The van der Waals surface area contributed by atoms with Gasteiger partial charge in [-0.25, -0.2) is 4.98 Å². The van der Waals surface area contributed by atoms with E-state index in [2.05, 4.69) is 20.6 Å². The van der Waals surface area contributed by atoms with Gasteiger partial charge in [0, 0.05) is 12.6 Å². The lowest BCUT2D eigenvalue weighted by Gasteiger charge is -2.17. The minimum absolute atomic E-state index is 0.0257. The minimum Gasteiger partial charge on any atom is -0.459 e. The molecule has 0 aromatic carbocycles. The van der Waals surface area contributed by atoms with Crippen LogP contribution in [0.3, 0.4) is 0 Å². The summed E-state index contributed by atoms with van der Waals surface area (Å²) in [4.78, 5) is 20.0. The van der Waals surface area contributed by atoms with Crippen LogP contribution in [0.2, 0.25) is 5.15 Å². The normalized spacial score (nSPS) is 12.0. The Hall–Kier alpha value is -2.08. The van der Waals surface area contributed by atoms with Gasteiger partial charge in [0.25, 0.3) is 5.91 Å². The third-order valence-corrected chi connectivity index (χ3v) is 3.10. The summed E-state index contributed by atoms with van der Waals surface area (Å²) in [6, 6.07) is 1.73. The first-order chi connectivity index (χ1) is 10.1. The number of hydrogen-bond acceptors (Lipinski definition) is 5. The van der Waals surface area contributed by atoms with E-state index >= 15 is 0 Å². The SMILES string of the molecule is CCC(CNC(=O)c1cc(C)co1)Nc1cncc(Cl)n1. The van der Waals surface area contributed by atoms with E-state index in [0.717, 1.165) is 12.0 Å². The van der Waals surface area contributed by atoms with Crippen molar-refractivity contribution in [1.82, 2.24) is 15.3 Å². The highest BCUT2D eigenvalue weighted by atomic mass is 35.5. The number of aryl methyl sites for hydroxylation is 1. The van der Waals surface area contributed by atoms with Gasteiger partial charge in [0.1, 0.15) is 11.0 Å². The molecular weight excluding hydrogens is 292 g/mol. The van der Waals surface area contributed by atoms with Crippen LogP contribution in [0.4, 0.5) is 5.82 Å². The summed E-state index contributed by atoms with van der Waals surface area (Å²) >= 11 is 5.79. The third kappa shape index (κ3) is 4.46. The Morgan fingerprint density at radius 2 is 2.29 bits per heavy atom. The number of furan rings is 1. The minimum atomic E-state index is -0.236. The first kappa shape index (κ1) is 15.3. The fraction of sp³-hybridized carbons (Fsp3) is 0.357. The molecular formula is C14H17ClN4O2. The molecule has 2 aromatic heterocycles. The molecule has 1 amide bonds. The Balaban J connectivity index is 1.89. The molecule has 0 bridgehead atoms.